The number of carbonyl (C=O) groups excluding carboxylic acids is 1. The molecular weight excluding hydrogens is 385 g/mol. The van der Waals surface area contributed by atoms with E-state index in [0.29, 0.717) is 6.54 Å². The van der Waals surface area contributed by atoms with E-state index in [2.05, 4.69) is 30.1 Å². The van der Waals surface area contributed by atoms with Crippen LogP contribution in [0.25, 0.3) is 10.2 Å². The van der Waals surface area contributed by atoms with E-state index in [1.54, 1.807) is 23.5 Å². The van der Waals surface area contributed by atoms with Gasteiger partial charge < -0.3 is 5.32 Å². The third-order valence-corrected chi connectivity index (χ3v) is 6.66. The lowest BCUT2D eigenvalue weighted by Crippen LogP contribution is -2.40. The largest absolute Gasteiger partial charge is 0.348 e. The molecular formula is C23H26FN3OS. The number of likely N-dealkylation sites (tertiary alicyclic amines) is 1. The second kappa shape index (κ2) is 8.59. The van der Waals surface area contributed by atoms with Crippen LogP contribution in [0.3, 0.4) is 0 Å². The van der Waals surface area contributed by atoms with Crippen molar-refractivity contribution in [3.05, 3.63) is 64.9 Å². The fourth-order valence-electron chi connectivity index (χ4n) is 4.04. The number of nitrogens with zero attached hydrogens (tertiary/aromatic N) is 2. The number of fused-ring (bicyclic) bond motifs is 1. The molecule has 2 unspecified atom stereocenters. The molecule has 1 aliphatic rings. The van der Waals surface area contributed by atoms with E-state index >= 15 is 0 Å². The Bertz CT molecular complexity index is 952. The Morgan fingerprint density at radius 2 is 2.00 bits per heavy atom. The second-order valence-corrected chi connectivity index (χ2v) is 9.05. The lowest BCUT2D eigenvalue weighted by atomic mass is 9.96. The molecule has 1 fully saturated rings. The lowest BCUT2D eigenvalue weighted by molar-refractivity contribution is -0.123. The van der Waals surface area contributed by atoms with Gasteiger partial charge in [0.1, 0.15) is 10.8 Å². The highest BCUT2D eigenvalue weighted by Gasteiger charge is 2.30. The molecule has 2 aromatic carbocycles. The maximum Gasteiger partial charge on any atom is 0.234 e. The number of hydrogen-bond donors (Lipinski definition) is 1. The van der Waals surface area contributed by atoms with Crippen LogP contribution in [-0.2, 0) is 4.79 Å². The van der Waals surface area contributed by atoms with Gasteiger partial charge in [-0.05, 0) is 55.1 Å². The minimum atomic E-state index is -0.265. The summed E-state index contributed by atoms with van der Waals surface area (Å²) in [4.78, 5) is 19.9. The molecule has 1 saturated heterocycles. The van der Waals surface area contributed by atoms with Crippen LogP contribution in [0.4, 0.5) is 4.39 Å². The zero-order valence-electron chi connectivity index (χ0n) is 16.8. The van der Waals surface area contributed by atoms with Crippen molar-refractivity contribution in [1.82, 2.24) is 15.2 Å². The fourth-order valence-corrected chi connectivity index (χ4v) is 5.17. The molecule has 1 aromatic heterocycles. The van der Waals surface area contributed by atoms with Gasteiger partial charge in [0, 0.05) is 0 Å². The second-order valence-electron chi connectivity index (χ2n) is 7.99. The monoisotopic (exact) mass is 411 g/mol. The first kappa shape index (κ1) is 20.0. The minimum absolute atomic E-state index is 0.000959. The summed E-state index contributed by atoms with van der Waals surface area (Å²) in [7, 11) is 0. The molecule has 4 rings (SSSR count). The van der Waals surface area contributed by atoms with Crippen LogP contribution in [0, 0.1) is 11.7 Å². The van der Waals surface area contributed by atoms with Gasteiger partial charge in [-0.3, -0.25) is 9.69 Å². The minimum Gasteiger partial charge on any atom is -0.348 e. The van der Waals surface area contributed by atoms with E-state index in [1.807, 2.05) is 18.2 Å². The fraction of sp³-hybridized carbons (Fsp3) is 0.391. The standard InChI is InChI=1S/C23H26FN3OS/c1-15(2)22(16-9-11-17(24)12-10-16)26-21(28)14-27-13-5-7-19(27)23-25-18-6-3-4-8-20(18)29-23/h3-4,6,8-12,15,19,22H,5,7,13-14H2,1-2H3,(H,26,28). The Labute approximate surface area is 174 Å². The summed E-state index contributed by atoms with van der Waals surface area (Å²) >= 11 is 1.72. The van der Waals surface area contributed by atoms with Crippen LogP contribution >= 0.6 is 11.3 Å². The number of thiazole rings is 1. The molecule has 1 N–H and O–H groups in total. The maximum absolute atomic E-state index is 13.3. The van der Waals surface area contributed by atoms with Crippen LogP contribution in [0.1, 0.15) is 49.3 Å². The van der Waals surface area contributed by atoms with Crippen molar-refractivity contribution >= 4 is 27.5 Å². The maximum atomic E-state index is 13.3. The van der Waals surface area contributed by atoms with Crippen molar-refractivity contribution < 1.29 is 9.18 Å². The number of nitrogens with one attached hydrogen (secondary N) is 1. The molecule has 0 bridgehead atoms. The first-order chi connectivity index (χ1) is 14.0. The number of para-hydroxylation sites is 1. The average molecular weight is 412 g/mol. The van der Waals surface area contributed by atoms with Gasteiger partial charge in [-0.25, -0.2) is 9.37 Å². The van der Waals surface area contributed by atoms with Crippen molar-refractivity contribution in [2.24, 2.45) is 5.92 Å². The Morgan fingerprint density at radius 3 is 2.72 bits per heavy atom. The zero-order chi connectivity index (χ0) is 20.4. The molecule has 1 amide bonds. The summed E-state index contributed by atoms with van der Waals surface area (Å²) in [6.45, 7) is 5.38. The van der Waals surface area contributed by atoms with Crippen molar-refractivity contribution in [3.8, 4) is 0 Å². The summed E-state index contributed by atoms with van der Waals surface area (Å²) < 4.78 is 14.5. The van der Waals surface area contributed by atoms with Gasteiger partial charge in [0.25, 0.3) is 0 Å². The van der Waals surface area contributed by atoms with Gasteiger partial charge in [-0.2, -0.15) is 0 Å². The van der Waals surface area contributed by atoms with Crippen molar-refractivity contribution in [2.45, 2.75) is 38.8 Å². The highest BCUT2D eigenvalue weighted by atomic mass is 32.1. The third-order valence-electron chi connectivity index (χ3n) is 5.52. The van der Waals surface area contributed by atoms with Crippen molar-refractivity contribution in [3.63, 3.8) is 0 Å². The van der Waals surface area contributed by atoms with E-state index in [9.17, 15) is 9.18 Å². The lowest BCUT2D eigenvalue weighted by Gasteiger charge is -2.26. The van der Waals surface area contributed by atoms with E-state index in [1.165, 1.54) is 16.8 Å². The number of benzene rings is 2. The van der Waals surface area contributed by atoms with Crippen LogP contribution in [0.5, 0.6) is 0 Å². The predicted molar refractivity (Wildman–Crippen MR) is 115 cm³/mol. The average Bonchev–Trinajstić information content (AvgIpc) is 3.33. The van der Waals surface area contributed by atoms with E-state index < -0.39 is 0 Å². The Kier molecular flexibility index (Phi) is 5.92. The number of halogens is 1. The van der Waals surface area contributed by atoms with E-state index in [0.717, 1.165) is 35.5 Å². The van der Waals surface area contributed by atoms with E-state index in [4.69, 9.17) is 4.98 Å². The number of rotatable bonds is 6. The SMILES string of the molecule is CC(C)C(NC(=O)CN1CCCC1c1nc2ccccc2s1)c1ccc(F)cc1. The van der Waals surface area contributed by atoms with E-state index in [-0.39, 0.29) is 29.7 Å². The number of aromatic nitrogens is 1. The first-order valence-corrected chi connectivity index (χ1v) is 11.0. The predicted octanol–water partition coefficient (Wildman–Crippen LogP) is 5.09. The van der Waals surface area contributed by atoms with Gasteiger partial charge in [0.05, 0.1) is 28.8 Å². The Balaban J connectivity index is 1.45. The number of carbonyl (C=O) groups is 1. The normalized spacial score (nSPS) is 18.4. The number of amides is 1. The Hall–Kier alpha value is -2.31. The molecule has 29 heavy (non-hydrogen) atoms. The van der Waals surface area contributed by atoms with Gasteiger partial charge in [0.2, 0.25) is 5.91 Å². The molecule has 2 heterocycles. The molecule has 1 aliphatic heterocycles. The van der Waals surface area contributed by atoms with Gasteiger partial charge in [-0.15, -0.1) is 11.3 Å². The summed E-state index contributed by atoms with van der Waals surface area (Å²) in [5.74, 6) is -0.0533. The molecule has 152 valence electrons. The molecule has 0 radical (unpaired) electrons. The molecule has 0 spiro atoms. The molecule has 0 aliphatic carbocycles. The first-order valence-electron chi connectivity index (χ1n) is 10.2. The quantitative estimate of drug-likeness (QED) is 0.615. The van der Waals surface area contributed by atoms with Gasteiger partial charge >= 0.3 is 0 Å². The van der Waals surface area contributed by atoms with Crippen molar-refractivity contribution in [2.75, 3.05) is 13.1 Å². The molecule has 6 heteroatoms. The summed E-state index contributed by atoms with van der Waals surface area (Å²) in [5.41, 5.74) is 1.96. The Morgan fingerprint density at radius 1 is 1.24 bits per heavy atom. The zero-order valence-corrected chi connectivity index (χ0v) is 17.6. The van der Waals surface area contributed by atoms with Crippen LogP contribution in [0.2, 0.25) is 0 Å². The van der Waals surface area contributed by atoms with Crippen LogP contribution in [-0.4, -0.2) is 28.9 Å². The number of hydrogen-bond acceptors (Lipinski definition) is 4. The molecule has 3 aromatic rings. The topological polar surface area (TPSA) is 45.2 Å². The van der Waals surface area contributed by atoms with Crippen molar-refractivity contribution in [1.29, 1.82) is 0 Å². The summed E-state index contributed by atoms with van der Waals surface area (Å²) in [5, 5.41) is 4.25. The summed E-state index contributed by atoms with van der Waals surface area (Å²) in [6, 6.07) is 14.6. The molecule has 2 atom stereocenters. The summed E-state index contributed by atoms with van der Waals surface area (Å²) in [6.07, 6.45) is 2.10. The highest BCUT2D eigenvalue weighted by molar-refractivity contribution is 7.18. The van der Waals surface area contributed by atoms with Gasteiger partial charge in [0.15, 0.2) is 0 Å². The van der Waals surface area contributed by atoms with Crippen LogP contribution < -0.4 is 5.32 Å². The van der Waals surface area contributed by atoms with Gasteiger partial charge in [-0.1, -0.05) is 38.1 Å². The highest BCUT2D eigenvalue weighted by Crippen LogP contribution is 2.36. The van der Waals surface area contributed by atoms with Crippen LogP contribution in [0.15, 0.2) is 48.5 Å². The molecule has 4 nitrogen and oxygen atoms in total. The smallest absolute Gasteiger partial charge is 0.234 e. The third kappa shape index (κ3) is 4.49. The molecule has 0 saturated carbocycles.